The maximum Gasteiger partial charge on any atom is 0.164 e. The molecule has 6 rings (SSSR count). The highest BCUT2D eigenvalue weighted by atomic mass is 19.1. The van der Waals surface area contributed by atoms with Crippen LogP contribution in [0, 0.1) is 11.6 Å². The molecule has 44 heavy (non-hydrogen) atoms. The maximum absolute atomic E-state index is 15.5. The molecule has 0 saturated carbocycles. The summed E-state index contributed by atoms with van der Waals surface area (Å²) in [6.07, 6.45) is 5.42. The number of aliphatic hydroxyl groups is 1. The molecule has 0 spiro atoms. The Morgan fingerprint density at radius 1 is 0.909 bits per heavy atom. The predicted octanol–water partition coefficient (Wildman–Crippen LogP) is 6.54. The van der Waals surface area contributed by atoms with Gasteiger partial charge in [0.1, 0.15) is 34.7 Å². The molecule has 1 unspecified atom stereocenters. The van der Waals surface area contributed by atoms with Gasteiger partial charge >= 0.3 is 0 Å². The van der Waals surface area contributed by atoms with Crippen molar-refractivity contribution in [3.05, 3.63) is 151 Å². The minimum atomic E-state index is -1.24. The lowest BCUT2D eigenvalue weighted by Crippen LogP contribution is -2.30. The van der Waals surface area contributed by atoms with Gasteiger partial charge in [-0.2, -0.15) is 0 Å². The van der Waals surface area contributed by atoms with Crippen LogP contribution in [0.3, 0.4) is 0 Å². The number of pyridine rings is 1. The van der Waals surface area contributed by atoms with E-state index in [0.29, 0.717) is 46.2 Å². The van der Waals surface area contributed by atoms with E-state index >= 15 is 4.39 Å². The number of benzene rings is 3. The summed E-state index contributed by atoms with van der Waals surface area (Å²) >= 11 is 0. The summed E-state index contributed by atoms with van der Waals surface area (Å²) < 4.78 is 36.7. The van der Waals surface area contributed by atoms with E-state index in [-0.39, 0.29) is 11.6 Å². The first kappa shape index (κ1) is 28.7. The van der Waals surface area contributed by atoms with E-state index in [1.54, 1.807) is 71.9 Å². The van der Waals surface area contributed by atoms with Crippen LogP contribution in [0.15, 0.2) is 131 Å². The zero-order chi connectivity index (χ0) is 30.5. The molecular formula is C34H28F2N6O2. The van der Waals surface area contributed by atoms with E-state index in [1.807, 2.05) is 36.4 Å². The Morgan fingerprint density at radius 2 is 1.68 bits per heavy atom. The quantitative estimate of drug-likeness (QED) is 0.0948. The molecule has 3 aromatic carbocycles. The number of furan rings is 1. The minimum Gasteiger partial charge on any atom is -0.457 e. The SMILES string of the molecule is NC(=Nc1ccc(-c2ccc(C(O)N[C@@H](Cn3ccnc3)c3ccc(-c4ccc(F)cc4)cc3F)o2)cc1)c1ccccn1. The Morgan fingerprint density at radius 3 is 2.39 bits per heavy atom. The van der Waals surface area contributed by atoms with Gasteiger partial charge in [0.25, 0.3) is 0 Å². The number of nitrogens with zero attached hydrogens (tertiary/aromatic N) is 4. The normalized spacial score (nSPS) is 13.1. The third-order valence-corrected chi connectivity index (χ3v) is 7.09. The second-order valence-corrected chi connectivity index (χ2v) is 10.1. The van der Waals surface area contributed by atoms with Crippen LogP contribution in [0.4, 0.5) is 14.5 Å². The van der Waals surface area contributed by atoms with Gasteiger partial charge in [-0.05, 0) is 77.9 Å². The van der Waals surface area contributed by atoms with E-state index in [2.05, 4.69) is 20.3 Å². The fourth-order valence-corrected chi connectivity index (χ4v) is 4.82. The standard InChI is InChI=1S/C34H28F2N6O2/c35-25-9-4-22(5-10-25)24-8-13-27(28(36)19-24)30(20-42-18-17-38-21-42)41-34(43)32-15-14-31(44-32)23-6-11-26(12-7-23)40-33(37)29-3-1-2-16-39-29/h1-19,21,30,34,41,43H,20H2,(H2,37,40)/t30-,34?/m0/s1. The summed E-state index contributed by atoms with van der Waals surface area (Å²) in [6, 6.07) is 26.2. The van der Waals surface area contributed by atoms with E-state index in [1.165, 1.54) is 18.2 Å². The third-order valence-electron chi connectivity index (χ3n) is 7.09. The number of aromatic nitrogens is 3. The van der Waals surface area contributed by atoms with Gasteiger partial charge in [0, 0.05) is 36.3 Å². The molecule has 0 saturated heterocycles. The van der Waals surface area contributed by atoms with Crippen molar-refractivity contribution in [2.45, 2.75) is 18.8 Å². The lowest BCUT2D eigenvalue weighted by molar-refractivity contribution is 0.0960. The van der Waals surface area contributed by atoms with E-state index < -0.39 is 18.1 Å². The van der Waals surface area contributed by atoms with Gasteiger partial charge in [-0.15, -0.1) is 0 Å². The van der Waals surface area contributed by atoms with Crippen LogP contribution in [0.5, 0.6) is 0 Å². The van der Waals surface area contributed by atoms with Crippen molar-refractivity contribution in [3.8, 4) is 22.5 Å². The third kappa shape index (κ3) is 6.62. The van der Waals surface area contributed by atoms with Gasteiger partial charge in [0.2, 0.25) is 0 Å². The second-order valence-electron chi connectivity index (χ2n) is 10.1. The molecule has 8 nitrogen and oxygen atoms in total. The molecule has 0 aliphatic rings. The summed E-state index contributed by atoms with van der Waals surface area (Å²) in [5, 5.41) is 14.2. The molecule has 10 heteroatoms. The Labute approximate surface area is 252 Å². The molecule has 2 atom stereocenters. The molecule has 3 aromatic heterocycles. The number of nitrogens with two attached hydrogens (primary N) is 1. The van der Waals surface area contributed by atoms with Gasteiger partial charge in [0.05, 0.1) is 18.1 Å². The summed E-state index contributed by atoms with van der Waals surface area (Å²) in [5.74, 6) is 0.275. The fraction of sp³-hybridized carbons (Fsp3) is 0.0882. The zero-order valence-corrected chi connectivity index (χ0v) is 23.4. The smallest absolute Gasteiger partial charge is 0.164 e. The van der Waals surface area contributed by atoms with Crippen LogP contribution >= 0.6 is 0 Å². The largest absolute Gasteiger partial charge is 0.457 e. The van der Waals surface area contributed by atoms with Crippen molar-refractivity contribution in [3.63, 3.8) is 0 Å². The average molecular weight is 591 g/mol. The Bertz CT molecular complexity index is 1850. The van der Waals surface area contributed by atoms with Crippen LogP contribution < -0.4 is 11.1 Å². The molecule has 0 aliphatic carbocycles. The topological polar surface area (TPSA) is 114 Å². The minimum absolute atomic E-state index is 0.264. The number of aliphatic imine (C=N–C) groups is 1. The lowest BCUT2D eigenvalue weighted by atomic mass is 9.99. The number of rotatable bonds is 10. The first-order valence-electron chi connectivity index (χ1n) is 13.8. The fourth-order valence-electron chi connectivity index (χ4n) is 4.82. The van der Waals surface area contributed by atoms with Crippen molar-refractivity contribution in [2.24, 2.45) is 10.7 Å². The van der Waals surface area contributed by atoms with Crippen molar-refractivity contribution < 1.29 is 18.3 Å². The number of hydrogen-bond donors (Lipinski definition) is 3. The summed E-state index contributed by atoms with van der Waals surface area (Å²) in [5.41, 5.74) is 9.74. The van der Waals surface area contributed by atoms with Gasteiger partial charge in [0.15, 0.2) is 6.23 Å². The highest BCUT2D eigenvalue weighted by molar-refractivity contribution is 5.97. The summed E-state index contributed by atoms with van der Waals surface area (Å²) in [7, 11) is 0. The maximum atomic E-state index is 15.5. The van der Waals surface area contributed by atoms with Gasteiger partial charge in [-0.3, -0.25) is 10.3 Å². The number of nitrogens with one attached hydrogen (secondary N) is 1. The van der Waals surface area contributed by atoms with Gasteiger partial charge in [-0.1, -0.05) is 30.3 Å². The molecular weight excluding hydrogens is 562 g/mol. The highest BCUT2D eigenvalue weighted by Gasteiger charge is 2.23. The van der Waals surface area contributed by atoms with Gasteiger partial charge in [-0.25, -0.2) is 18.8 Å². The summed E-state index contributed by atoms with van der Waals surface area (Å²) in [6.45, 7) is 0.293. The number of halogens is 2. The molecule has 0 radical (unpaired) electrons. The molecule has 4 N–H and O–H groups in total. The van der Waals surface area contributed by atoms with Crippen LogP contribution in [0.25, 0.3) is 22.5 Å². The number of imidazole rings is 1. The molecule has 3 heterocycles. The van der Waals surface area contributed by atoms with Crippen LogP contribution in [0.1, 0.15) is 29.3 Å². The van der Waals surface area contributed by atoms with E-state index in [4.69, 9.17) is 10.2 Å². The van der Waals surface area contributed by atoms with E-state index in [0.717, 1.165) is 5.56 Å². The first-order valence-corrected chi connectivity index (χ1v) is 13.8. The van der Waals surface area contributed by atoms with Crippen molar-refractivity contribution in [1.29, 1.82) is 0 Å². The predicted molar refractivity (Wildman–Crippen MR) is 164 cm³/mol. The van der Waals surface area contributed by atoms with Crippen LogP contribution in [0.2, 0.25) is 0 Å². The molecule has 0 amide bonds. The number of hydrogen-bond acceptors (Lipinski definition) is 6. The Hall–Kier alpha value is -5.45. The van der Waals surface area contributed by atoms with Crippen LogP contribution in [-0.2, 0) is 6.54 Å². The molecule has 0 fully saturated rings. The highest BCUT2D eigenvalue weighted by Crippen LogP contribution is 2.30. The van der Waals surface area contributed by atoms with Crippen LogP contribution in [-0.4, -0.2) is 25.5 Å². The van der Waals surface area contributed by atoms with Crippen molar-refractivity contribution >= 4 is 11.5 Å². The average Bonchev–Trinajstić information content (AvgIpc) is 3.75. The first-order chi connectivity index (χ1) is 21.4. The molecule has 0 aliphatic heterocycles. The second kappa shape index (κ2) is 12.8. The van der Waals surface area contributed by atoms with Gasteiger partial charge < -0.3 is 19.8 Å². The number of aliphatic hydroxyl groups excluding tert-OH is 1. The van der Waals surface area contributed by atoms with Crippen molar-refractivity contribution in [1.82, 2.24) is 19.9 Å². The number of amidine groups is 1. The summed E-state index contributed by atoms with van der Waals surface area (Å²) in [4.78, 5) is 12.7. The molecule has 220 valence electrons. The van der Waals surface area contributed by atoms with Crippen molar-refractivity contribution in [2.75, 3.05) is 0 Å². The van der Waals surface area contributed by atoms with E-state index in [9.17, 15) is 9.50 Å². The Balaban J connectivity index is 1.19. The monoisotopic (exact) mass is 590 g/mol. The zero-order valence-electron chi connectivity index (χ0n) is 23.4. The molecule has 6 aromatic rings. The lowest BCUT2D eigenvalue weighted by Gasteiger charge is -2.23. The Kier molecular flexibility index (Phi) is 8.35. The molecule has 0 bridgehead atoms.